The maximum atomic E-state index is 12.5. The number of benzene rings is 3. The monoisotopic (exact) mass is 424 g/mol. The van der Waals surface area contributed by atoms with E-state index in [1.165, 1.54) is 12.1 Å². The van der Waals surface area contributed by atoms with E-state index in [-0.39, 0.29) is 16.3 Å². The number of nitro benzene ring substituents is 1. The van der Waals surface area contributed by atoms with E-state index in [0.29, 0.717) is 0 Å². The number of non-ortho nitro benzene ring substituents is 1. The molecule has 3 rings (SSSR count). The molecule has 0 aliphatic rings. The summed E-state index contributed by atoms with van der Waals surface area (Å²) in [5.41, 5.74) is 1.25. The number of ether oxygens (including phenoxy) is 1. The first kappa shape index (κ1) is 21.0. The molecule has 0 fully saturated rings. The van der Waals surface area contributed by atoms with Gasteiger partial charge in [0.1, 0.15) is 0 Å². The Balaban J connectivity index is 1.70. The third kappa shape index (κ3) is 5.21. The van der Waals surface area contributed by atoms with E-state index >= 15 is 0 Å². The lowest BCUT2D eigenvalue weighted by atomic mass is 9.99. The maximum absolute atomic E-state index is 12.5. The number of hydrogen-bond acceptors (Lipinski definition) is 5. The Morgan fingerprint density at radius 2 is 1.53 bits per heavy atom. The summed E-state index contributed by atoms with van der Waals surface area (Å²) in [6.45, 7) is -0.561. The molecule has 0 aliphatic heterocycles. The van der Waals surface area contributed by atoms with Crippen molar-refractivity contribution >= 4 is 29.2 Å². The van der Waals surface area contributed by atoms with Crippen LogP contribution >= 0.6 is 11.6 Å². The van der Waals surface area contributed by atoms with Crippen LogP contribution in [0.1, 0.15) is 27.5 Å². The first-order valence-electron chi connectivity index (χ1n) is 8.96. The van der Waals surface area contributed by atoms with E-state index in [4.69, 9.17) is 16.3 Å². The van der Waals surface area contributed by atoms with Crippen LogP contribution in [0.4, 0.5) is 5.69 Å². The Labute approximate surface area is 177 Å². The number of nitro groups is 1. The van der Waals surface area contributed by atoms with Crippen LogP contribution in [0.2, 0.25) is 5.02 Å². The molecule has 8 heteroatoms. The van der Waals surface area contributed by atoms with Crippen molar-refractivity contribution in [2.24, 2.45) is 0 Å². The summed E-state index contributed by atoms with van der Waals surface area (Å²) < 4.78 is 5.02. The fourth-order valence-electron chi connectivity index (χ4n) is 2.84. The van der Waals surface area contributed by atoms with Crippen molar-refractivity contribution in [1.29, 1.82) is 0 Å². The Morgan fingerprint density at radius 1 is 0.967 bits per heavy atom. The summed E-state index contributed by atoms with van der Waals surface area (Å²) in [4.78, 5) is 35.0. The molecule has 0 aromatic heterocycles. The highest BCUT2D eigenvalue weighted by Gasteiger charge is 2.20. The number of halogens is 1. The molecular formula is C22H17ClN2O5. The van der Waals surface area contributed by atoms with Gasteiger partial charge in [-0.15, -0.1) is 0 Å². The lowest BCUT2D eigenvalue weighted by molar-refractivity contribution is -0.384. The summed E-state index contributed by atoms with van der Waals surface area (Å²) >= 11 is 5.93. The van der Waals surface area contributed by atoms with E-state index in [9.17, 15) is 19.7 Å². The van der Waals surface area contributed by atoms with Crippen molar-refractivity contribution in [3.8, 4) is 0 Å². The smallest absolute Gasteiger partial charge is 0.340 e. The number of nitrogens with one attached hydrogen (secondary N) is 1. The minimum absolute atomic E-state index is 0.00236. The zero-order chi connectivity index (χ0) is 21.5. The Morgan fingerprint density at radius 3 is 2.07 bits per heavy atom. The Bertz CT molecular complexity index is 1020. The van der Waals surface area contributed by atoms with Crippen LogP contribution in [0.15, 0.2) is 78.9 Å². The lowest BCUT2D eigenvalue weighted by Crippen LogP contribution is -2.33. The SMILES string of the molecule is O=C(COC(=O)c1cc([N+](=O)[O-])ccc1Cl)NC(c1ccccc1)c1ccccc1. The van der Waals surface area contributed by atoms with Crippen LogP contribution in [0.3, 0.4) is 0 Å². The van der Waals surface area contributed by atoms with E-state index < -0.39 is 29.4 Å². The third-order valence-corrected chi connectivity index (χ3v) is 4.62. The van der Waals surface area contributed by atoms with Gasteiger partial charge in [-0.2, -0.15) is 0 Å². The Kier molecular flexibility index (Phi) is 6.77. The fourth-order valence-corrected chi connectivity index (χ4v) is 3.04. The van der Waals surface area contributed by atoms with Crippen molar-refractivity contribution < 1.29 is 19.2 Å². The minimum atomic E-state index is -0.921. The van der Waals surface area contributed by atoms with E-state index in [0.717, 1.165) is 17.2 Å². The average Bonchev–Trinajstić information content (AvgIpc) is 2.77. The van der Waals surface area contributed by atoms with Crippen LogP contribution in [0, 0.1) is 10.1 Å². The van der Waals surface area contributed by atoms with E-state index in [2.05, 4.69) is 5.32 Å². The molecule has 0 aliphatic carbocycles. The molecule has 0 unspecified atom stereocenters. The number of carbonyl (C=O) groups is 2. The van der Waals surface area contributed by atoms with Crippen LogP contribution < -0.4 is 5.32 Å². The lowest BCUT2D eigenvalue weighted by Gasteiger charge is -2.20. The van der Waals surface area contributed by atoms with E-state index in [1.807, 2.05) is 60.7 Å². The van der Waals surface area contributed by atoms with Crippen LogP contribution in [-0.2, 0) is 9.53 Å². The Hall–Kier alpha value is -3.71. The number of carbonyl (C=O) groups excluding carboxylic acids is 2. The fraction of sp³-hybridized carbons (Fsp3) is 0.0909. The highest BCUT2D eigenvalue weighted by atomic mass is 35.5. The molecule has 7 nitrogen and oxygen atoms in total. The number of nitrogens with zero attached hydrogens (tertiary/aromatic N) is 1. The van der Waals surface area contributed by atoms with Gasteiger partial charge in [-0.1, -0.05) is 72.3 Å². The molecule has 0 bridgehead atoms. The first-order valence-corrected chi connectivity index (χ1v) is 9.34. The molecular weight excluding hydrogens is 408 g/mol. The van der Waals surface area contributed by atoms with Crippen molar-refractivity contribution in [2.75, 3.05) is 6.61 Å². The van der Waals surface area contributed by atoms with Crippen molar-refractivity contribution in [3.05, 3.63) is 111 Å². The maximum Gasteiger partial charge on any atom is 0.340 e. The van der Waals surface area contributed by atoms with Gasteiger partial charge in [0.15, 0.2) is 6.61 Å². The molecule has 0 saturated heterocycles. The van der Waals surface area contributed by atoms with Gasteiger partial charge in [-0.3, -0.25) is 14.9 Å². The minimum Gasteiger partial charge on any atom is -0.452 e. The predicted octanol–water partition coefficient (Wildman–Crippen LogP) is 4.31. The predicted molar refractivity (Wildman–Crippen MR) is 111 cm³/mol. The zero-order valence-corrected chi connectivity index (χ0v) is 16.4. The summed E-state index contributed by atoms with van der Waals surface area (Å²) in [7, 11) is 0. The van der Waals surface area contributed by atoms with Gasteiger partial charge in [0, 0.05) is 12.1 Å². The molecule has 3 aromatic carbocycles. The van der Waals surface area contributed by atoms with Crippen molar-refractivity contribution in [2.45, 2.75) is 6.04 Å². The summed E-state index contributed by atoms with van der Waals surface area (Å²) in [6, 6.07) is 21.7. The van der Waals surface area contributed by atoms with Gasteiger partial charge >= 0.3 is 5.97 Å². The molecule has 1 N–H and O–H groups in total. The van der Waals surface area contributed by atoms with Crippen LogP contribution in [-0.4, -0.2) is 23.4 Å². The number of rotatable bonds is 7. The number of esters is 1. The second-order valence-electron chi connectivity index (χ2n) is 6.32. The zero-order valence-electron chi connectivity index (χ0n) is 15.7. The highest BCUT2D eigenvalue weighted by molar-refractivity contribution is 6.33. The van der Waals surface area contributed by atoms with E-state index in [1.54, 1.807) is 0 Å². The molecule has 1 amide bonds. The number of amides is 1. The summed E-state index contributed by atoms with van der Waals surface area (Å²) in [5, 5.41) is 13.7. The molecule has 0 radical (unpaired) electrons. The first-order chi connectivity index (χ1) is 14.5. The second-order valence-corrected chi connectivity index (χ2v) is 6.73. The van der Waals surface area contributed by atoms with Gasteiger partial charge in [0.2, 0.25) is 0 Å². The molecule has 0 saturated carbocycles. The topological polar surface area (TPSA) is 98.5 Å². The number of hydrogen-bond donors (Lipinski definition) is 1. The summed E-state index contributed by atoms with van der Waals surface area (Å²) in [5.74, 6) is -1.45. The second kappa shape index (κ2) is 9.67. The highest BCUT2D eigenvalue weighted by Crippen LogP contribution is 2.23. The third-order valence-electron chi connectivity index (χ3n) is 4.29. The van der Waals surface area contributed by atoms with Crippen molar-refractivity contribution in [1.82, 2.24) is 5.32 Å². The largest absolute Gasteiger partial charge is 0.452 e. The molecule has 3 aromatic rings. The van der Waals surface area contributed by atoms with Gasteiger partial charge in [0.05, 0.1) is 21.6 Å². The quantitative estimate of drug-likeness (QED) is 0.346. The molecule has 0 atom stereocenters. The molecule has 30 heavy (non-hydrogen) atoms. The molecule has 0 heterocycles. The summed E-state index contributed by atoms with van der Waals surface area (Å²) in [6.07, 6.45) is 0. The standard InChI is InChI=1S/C22H17ClN2O5/c23-19-12-11-17(25(28)29)13-18(19)22(27)30-14-20(26)24-21(15-7-3-1-4-8-15)16-9-5-2-6-10-16/h1-13,21H,14H2,(H,24,26). The van der Waals surface area contributed by atoms with Gasteiger partial charge in [0.25, 0.3) is 11.6 Å². The average molecular weight is 425 g/mol. The molecule has 152 valence electrons. The van der Waals surface area contributed by atoms with Crippen LogP contribution in [0.5, 0.6) is 0 Å². The van der Waals surface area contributed by atoms with Gasteiger partial charge < -0.3 is 10.1 Å². The molecule has 0 spiro atoms. The van der Waals surface area contributed by atoms with Gasteiger partial charge in [-0.05, 0) is 17.2 Å². The van der Waals surface area contributed by atoms with Crippen molar-refractivity contribution in [3.63, 3.8) is 0 Å². The normalized spacial score (nSPS) is 10.5. The van der Waals surface area contributed by atoms with Gasteiger partial charge in [-0.25, -0.2) is 4.79 Å². The van der Waals surface area contributed by atoms with Crippen LogP contribution in [0.25, 0.3) is 0 Å².